The normalized spacial score (nSPS) is 19.2. The van der Waals surface area contributed by atoms with Crippen molar-refractivity contribution in [1.29, 1.82) is 0 Å². The number of amides is 1. The standard InChI is InChI=1S/C12H25N3O/c1-9(2)6-15-7-10(8-15)14(5)12(3,4)11(13)16/h9-10H,6-8H2,1-5H3,(H2,13,16). The Morgan fingerprint density at radius 2 is 2.00 bits per heavy atom. The molecular weight excluding hydrogens is 202 g/mol. The second-order valence-electron chi connectivity index (χ2n) is 5.80. The van der Waals surface area contributed by atoms with E-state index in [1.807, 2.05) is 20.9 Å². The van der Waals surface area contributed by atoms with Gasteiger partial charge in [-0.3, -0.25) is 14.6 Å². The Morgan fingerprint density at radius 3 is 2.38 bits per heavy atom. The maximum absolute atomic E-state index is 11.3. The van der Waals surface area contributed by atoms with Crippen molar-refractivity contribution in [3.05, 3.63) is 0 Å². The summed E-state index contributed by atoms with van der Waals surface area (Å²) in [6.45, 7) is 11.5. The monoisotopic (exact) mass is 227 g/mol. The minimum Gasteiger partial charge on any atom is -0.368 e. The first-order valence-corrected chi connectivity index (χ1v) is 6.00. The molecule has 1 heterocycles. The molecule has 0 unspecified atom stereocenters. The van der Waals surface area contributed by atoms with Crippen LogP contribution in [0.15, 0.2) is 0 Å². The molecule has 0 aliphatic carbocycles. The molecule has 2 N–H and O–H groups in total. The molecule has 0 bridgehead atoms. The van der Waals surface area contributed by atoms with Crippen molar-refractivity contribution >= 4 is 5.91 Å². The maximum Gasteiger partial charge on any atom is 0.237 e. The van der Waals surface area contributed by atoms with E-state index in [1.165, 1.54) is 0 Å². The Labute approximate surface area is 98.8 Å². The Morgan fingerprint density at radius 1 is 1.50 bits per heavy atom. The summed E-state index contributed by atoms with van der Waals surface area (Å²) in [5.74, 6) is 0.452. The van der Waals surface area contributed by atoms with Gasteiger partial charge in [-0.2, -0.15) is 0 Å². The molecule has 94 valence electrons. The van der Waals surface area contributed by atoms with Gasteiger partial charge >= 0.3 is 0 Å². The molecule has 1 saturated heterocycles. The van der Waals surface area contributed by atoms with Crippen molar-refractivity contribution in [3.63, 3.8) is 0 Å². The minimum absolute atomic E-state index is 0.252. The van der Waals surface area contributed by atoms with Crippen LogP contribution < -0.4 is 5.73 Å². The zero-order valence-corrected chi connectivity index (χ0v) is 11.2. The first-order chi connectivity index (χ1) is 7.25. The van der Waals surface area contributed by atoms with Gasteiger partial charge in [0.25, 0.3) is 0 Å². The van der Waals surface area contributed by atoms with Gasteiger partial charge in [-0.15, -0.1) is 0 Å². The van der Waals surface area contributed by atoms with E-state index in [0.29, 0.717) is 12.0 Å². The Bertz CT molecular complexity index is 257. The summed E-state index contributed by atoms with van der Waals surface area (Å²) in [6.07, 6.45) is 0. The van der Waals surface area contributed by atoms with Crippen LogP contribution in [0.25, 0.3) is 0 Å². The summed E-state index contributed by atoms with van der Waals surface area (Å²) in [6, 6.07) is 0.459. The summed E-state index contributed by atoms with van der Waals surface area (Å²) >= 11 is 0. The summed E-state index contributed by atoms with van der Waals surface area (Å²) in [4.78, 5) is 15.9. The first kappa shape index (κ1) is 13.5. The molecule has 1 aliphatic heterocycles. The summed E-state index contributed by atoms with van der Waals surface area (Å²) in [7, 11) is 1.99. The highest BCUT2D eigenvalue weighted by molar-refractivity contribution is 5.83. The third-order valence-electron chi connectivity index (χ3n) is 3.59. The van der Waals surface area contributed by atoms with Gasteiger partial charge in [0.1, 0.15) is 0 Å². The van der Waals surface area contributed by atoms with Gasteiger partial charge in [-0.25, -0.2) is 0 Å². The quantitative estimate of drug-likeness (QED) is 0.745. The zero-order chi connectivity index (χ0) is 12.5. The van der Waals surface area contributed by atoms with E-state index in [2.05, 4.69) is 23.6 Å². The molecular formula is C12H25N3O. The molecule has 0 aromatic rings. The maximum atomic E-state index is 11.3. The Balaban J connectivity index is 2.43. The van der Waals surface area contributed by atoms with E-state index in [4.69, 9.17) is 5.73 Å². The SMILES string of the molecule is CC(C)CN1CC(N(C)C(C)(C)C(N)=O)C1. The minimum atomic E-state index is -0.547. The highest BCUT2D eigenvalue weighted by Crippen LogP contribution is 2.22. The van der Waals surface area contributed by atoms with Crippen LogP contribution in [0.3, 0.4) is 0 Å². The zero-order valence-electron chi connectivity index (χ0n) is 11.2. The second kappa shape index (κ2) is 4.72. The fourth-order valence-electron chi connectivity index (χ4n) is 2.08. The molecule has 0 atom stereocenters. The third-order valence-corrected chi connectivity index (χ3v) is 3.59. The topological polar surface area (TPSA) is 49.6 Å². The van der Waals surface area contributed by atoms with Crippen LogP contribution in [0, 0.1) is 5.92 Å². The molecule has 0 radical (unpaired) electrons. The van der Waals surface area contributed by atoms with Crippen LogP contribution in [0.4, 0.5) is 0 Å². The van der Waals surface area contributed by atoms with Gasteiger partial charge < -0.3 is 5.73 Å². The second-order valence-corrected chi connectivity index (χ2v) is 5.80. The molecule has 1 fully saturated rings. The molecule has 4 nitrogen and oxygen atoms in total. The van der Waals surface area contributed by atoms with E-state index < -0.39 is 5.54 Å². The van der Waals surface area contributed by atoms with Crippen molar-refractivity contribution < 1.29 is 4.79 Å². The summed E-state index contributed by atoms with van der Waals surface area (Å²) < 4.78 is 0. The van der Waals surface area contributed by atoms with Crippen molar-refractivity contribution in [2.24, 2.45) is 11.7 Å². The summed E-state index contributed by atoms with van der Waals surface area (Å²) in [5.41, 5.74) is 4.86. The number of hydrogen-bond donors (Lipinski definition) is 1. The molecule has 0 aromatic carbocycles. The summed E-state index contributed by atoms with van der Waals surface area (Å²) in [5, 5.41) is 0. The molecule has 1 aliphatic rings. The number of nitrogens with zero attached hydrogens (tertiary/aromatic N) is 2. The lowest BCUT2D eigenvalue weighted by molar-refractivity contribution is -0.131. The van der Waals surface area contributed by atoms with E-state index in [1.54, 1.807) is 0 Å². The fraction of sp³-hybridized carbons (Fsp3) is 0.917. The van der Waals surface area contributed by atoms with Gasteiger partial charge in [-0.1, -0.05) is 13.8 Å². The molecule has 0 aromatic heterocycles. The van der Waals surface area contributed by atoms with Gasteiger partial charge in [-0.05, 0) is 26.8 Å². The number of rotatable bonds is 5. The number of likely N-dealkylation sites (N-methyl/N-ethyl adjacent to an activating group) is 1. The van der Waals surface area contributed by atoms with E-state index in [-0.39, 0.29) is 5.91 Å². The van der Waals surface area contributed by atoms with Gasteiger partial charge in [0.15, 0.2) is 0 Å². The van der Waals surface area contributed by atoms with Gasteiger partial charge in [0.05, 0.1) is 5.54 Å². The number of hydrogen-bond acceptors (Lipinski definition) is 3. The van der Waals surface area contributed by atoms with Crippen LogP contribution in [-0.4, -0.2) is 54.0 Å². The predicted molar refractivity (Wildman–Crippen MR) is 66.1 cm³/mol. The highest BCUT2D eigenvalue weighted by atomic mass is 16.1. The van der Waals surface area contributed by atoms with Crippen LogP contribution in [0.5, 0.6) is 0 Å². The van der Waals surface area contributed by atoms with Crippen molar-refractivity contribution in [3.8, 4) is 0 Å². The lowest BCUT2D eigenvalue weighted by atomic mass is 9.96. The Kier molecular flexibility index (Phi) is 3.97. The number of carbonyl (C=O) groups excluding carboxylic acids is 1. The van der Waals surface area contributed by atoms with E-state index >= 15 is 0 Å². The average Bonchev–Trinajstić information content (AvgIpc) is 2.08. The lowest BCUT2D eigenvalue weighted by Gasteiger charge is -2.49. The number of carbonyl (C=O) groups is 1. The Hall–Kier alpha value is -0.610. The third kappa shape index (κ3) is 2.74. The van der Waals surface area contributed by atoms with E-state index in [9.17, 15) is 4.79 Å². The molecule has 0 saturated carbocycles. The van der Waals surface area contributed by atoms with Gasteiger partial charge in [0, 0.05) is 25.7 Å². The number of primary amides is 1. The molecule has 1 rings (SSSR count). The van der Waals surface area contributed by atoms with E-state index in [0.717, 1.165) is 19.6 Å². The van der Waals surface area contributed by atoms with Crippen LogP contribution in [0.2, 0.25) is 0 Å². The van der Waals surface area contributed by atoms with Crippen molar-refractivity contribution in [2.75, 3.05) is 26.7 Å². The first-order valence-electron chi connectivity index (χ1n) is 6.00. The van der Waals surface area contributed by atoms with Crippen LogP contribution >= 0.6 is 0 Å². The van der Waals surface area contributed by atoms with Crippen molar-refractivity contribution in [1.82, 2.24) is 9.80 Å². The predicted octanol–water partition coefficient (Wildman–Crippen LogP) is 0.522. The molecule has 0 spiro atoms. The molecule has 1 amide bonds. The van der Waals surface area contributed by atoms with Crippen LogP contribution in [-0.2, 0) is 4.79 Å². The smallest absolute Gasteiger partial charge is 0.237 e. The molecule has 16 heavy (non-hydrogen) atoms. The lowest BCUT2D eigenvalue weighted by Crippen LogP contribution is -2.66. The fourth-order valence-corrected chi connectivity index (χ4v) is 2.08. The average molecular weight is 227 g/mol. The molecule has 4 heteroatoms. The number of likely N-dealkylation sites (tertiary alicyclic amines) is 1. The van der Waals surface area contributed by atoms with Crippen molar-refractivity contribution in [2.45, 2.75) is 39.3 Å². The number of nitrogens with two attached hydrogens (primary N) is 1. The highest BCUT2D eigenvalue weighted by Gasteiger charge is 2.39. The largest absolute Gasteiger partial charge is 0.368 e. The van der Waals surface area contributed by atoms with Gasteiger partial charge in [0.2, 0.25) is 5.91 Å². The van der Waals surface area contributed by atoms with Crippen LogP contribution in [0.1, 0.15) is 27.7 Å².